The van der Waals surface area contributed by atoms with Crippen LogP contribution < -0.4 is 0 Å². The quantitative estimate of drug-likeness (QED) is 0.558. The molecule has 5 heterocycles. The lowest BCUT2D eigenvalue weighted by Gasteiger charge is -2.33. The van der Waals surface area contributed by atoms with Crippen molar-refractivity contribution in [3.05, 3.63) is 64.5 Å². The normalized spacial score (nSPS) is 16.5. The van der Waals surface area contributed by atoms with Gasteiger partial charge in [0, 0.05) is 31.9 Å². The molecule has 0 saturated heterocycles. The van der Waals surface area contributed by atoms with Gasteiger partial charge in [0.15, 0.2) is 0 Å². The van der Waals surface area contributed by atoms with Gasteiger partial charge in [0.1, 0.15) is 6.04 Å². The summed E-state index contributed by atoms with van der Waals surface area (Å²) in [6.45, 7) is 2.54. The van der Waals surface area contributed by atoms with E-state index >= 15 is 0 Å². The molecule has 0 fully saturated rings. The number of pyridine rings is 1. The highest BCUT2D eigenvalue weighted by Crippen LogP contribution is 2.34. The third kappa shape index (κ3) is 2.50. The highest BCUT2D eigenvalue weighted by atomic mass is 35.5. The van der Waals surface area contributed by atoms with Gasteiger partial charge in [0.2, 0.25) is 11.1 Å². The zero-order valence-corrected chi connectivity index (χ0v) is 16.1. The van der Waals surface area contributed by atoms with E-state index in [1.165, 1.54) is 4.68 Å². The van der Waals surface area contributed by atoms with E-state index in [-0.39, 0.29) is 17.0 Å². The topological polar surface area (TPSA) is 97.0 Å². The Morgan fingerprint density at radius 1 is 1.36 bits per heavy atom. The summed E-state index contributed by atoms with van der Waals surface area (Å²) in [6.07, 6.45) is 4.23. The predicted molar refractivity (Wildman–Crippen MR) is 101 cm³/mol. The summed E-state index contributed by atoms with van der Waals surface area (Å²) >= 11 is 5.89. The van der Waals surface area contributed by atoms with Crippen LogP contribution in [-0.4, -0.2) is 51.7 Å². The monoisotopic (exact) mass is 396 g/mol. The molecule has 142 valence electrons. The van der Waals surface area contributed by atoms with E-state index in [2.05, 4.69) is 20.1 Å². The molecule has 1 aliphatic heterocycles. The molecule has 28 heavy (non-hydrogen) atoms. The number of rotatable bonds is 2. The van der Waals surface area contributed by atoms with Crippen LogP contribution in [0.25, 0.3) is 5.52 Å². The average molecular weight is 397 g/mol. The molecule has 0 radical (unpaired) electrons. The number of carbonyl (C=O) groups excluding carboxylic acids is 1. The number of nitrogens with one attached hydrogen (secondary N) is 1. The summed E-state index contributed by atoms with van der Waals surface area (Å²) in [5, 5.41) is 8.76. The minimum Gasteiger partial charge on any atom is -0.348 e. The van der Waals surface area contributed by atoms with E-state index in [0.717, 1.165) is 28.2 Å². The molecule has 0 saturated carbocycles. The van der Waals surface area contributed by atoms with E-state index in [9.17, 15) is 4.79 Å². The second-order valence-corrected chi connectivity index (χ2v) is 7.17. The molecule has 1 atom stereocenters. The SMILES string of the molecule is Cc1cccn2nc([C@H]3c4nc[nH]c4CCN3C(=O)c3nc(Cl)nn3C)cc12. The number of aromatic amines is 1. The fourth-order valence-corrected chi connectivity index (χ4v) is 3.97. The number of amides is 1. The number of aryl methyl sites for hydroxylation is 2. The first-order chi connectivity index (χ1) is 13.5. The van der Waals surface area contributed by atoms with Crippen molar-refractivity contribution >= 4 is 23.0 Å². The smallest absolute Gasteiger partial charge is 0.292 e. The fourth-order valence-electron chi connectivity index (χ4n) is 3.77. The number of halogens is 1. The molecule has 0 unspecified atom stereocenters. The molecule has 0 bridgehead atoms. The first-order valence-corrected chi connectivity index (χ1v) is 9.25. The van der Waals surface area contributed by atoms with Crippen molar-refractivity contribution in [1.82, 2.24) is 39.2 Å². The number of aromatic nitrogens is 7. The maximum atomic E-state index is 13.3. The van der Waals surface area contributed by atoms with Crippen molar-refractivity contribution in [3.8, 4) is 0 Å². The fraction of sp³-hybridized carbons (Fsp3) is 0.278. The first kappa shape index (κ1) is 16.9. The second kappa shape index (κ2) is 6.16. The van der Waals surface area contributed by atoms with Crippen molar-refractivity contribution < 1.29 is 4.79 Å². The lowest BCUT2D eigenvalue weighted by molar-refractivity contribution is 0.0669. The first-order valence-electron chi connectivity index (χ1n) is 8.87. The number of fused-ring (bicyclic) bond motifs is 2. The van der Waals surface area contributed by atoms with Gasteiger partial charge in [-0.05, 0) is 36.2 Å². The van der Waals surface area contributed by atoms with Crippen molar-refractivity contribution in [2.45, 2.75) is 19.4 Å². The van der Waals surface area contributed by atoms with Crippen molar-refractivity contribution in [2.75, 3.05) is 6.54 Å². The molecule has 10 heteroatoms. The Labute approximate surface area is 165 Å². The summed E-state index contributed by atoms with van der Waals surface area (Å²) in [6, 6.07) is 5.57. The minimum atomic E-state index is -0.419. The zero-order valence-electron chi connectivity index (χ0n) is 15.3. The van der Waals surface area contributed by atoms with E-state index in [1.807, 2.05) is 35.8 Å². The van der Waals surface area contributed by atoms with Gasteiger partial charge in [0.05, 0.1) is 23.2 Å². The second-order valence-electron chi connectivity index (χ2n) is 6.84. The van der Waals surface area contributed by atoms with Crippen LogP contribution in [0.2, 0.25) is 5.28 Å². The van der Waals surface area contributed by atoms with Gasteiger partial charge in [-0.1, -0.05) is 6.07 Å². The molecule has 1 aliphatic rings. The van der Waals surface area contributed by atoms with Gasteiger partial charge in [0.25, 0.3) is 5.91 Å². The van der Waals surface area contributed by atoms with Crippen LogP contribution in [0.4, 0.5) is 0 Å². The van der Waals surface area contributed by atoms with Crippen LogP contribution in [0.1, 0.15) is 39.3 Å². The van der Waals surface area contributed by atoms with Gasteiger partial charge in [-0.15, -0.1) is 5.10 Å². The Morgan fingerprint density at radius 2 is 2.21 bits per heavy atom. The standard InChI is InChI=1S/C18H17ClN8O/c1-10-4-3-6-27-13(10)8-12(23-27)15-14-11(20-9-21-14)5-7-26(15)17(28)16-22-18(19)24-25(16)2/h3-4,6,8-9,15H,5,7H2,1-2H3,(H,20,21)/t15-/m0/s1. The van der Waals surface area contributed by atoms with E-state index in [1.54, 1.807) is 18.3 Å². The molecule has 0 aromatic carbocycles. The number of H-pyrrole nitrogens is 1. The highest BCUT2D eigenvalue weighted by Gasteiger charge is 2.37. The largest absolute Gasteiger partial charge is 0.348 e. The third-order valence-electron chi connectivity index (χ3n) is 5.13. The Balaban J connectivity index is 1.65. The van der Waals surface area contributed by atoms with Crippen LogP contribution in [0, 0.1) is 6.92 Å². The van der Waals surface area contributed by atoms with E-state index in [4.69, 9.17) is 16.7 Å². The van der Waals surface area contributed by atoms with Crippen LogP contribution >= 0.6 is 11.6 Å². The van der Waals surface area contributed by atoms with Gasteiger partial charge < -0.3 is 9.88 Å². The molecule has 4 aromatic rings. The van der Waals surface area contributed by atoms with Crippen LogP contribution in [0.15, 0.2) is 30.7 Å². The summed E-state index contributed by atoms with van der Waals surface area (Å²) in [5.41, 5.74) is 4.67. The van der Waals surface area contributed by atoms with Crippen LogP contribution in [0.5, 0.6) is 0 Å². The predicted octanol–water partition coefficient (Wildman–Crippen LogP) is 1.94. The molecule has 1 amide bonds. The number of hydrogen-bond donors (Lipinski definition) is 1. The maximum absolute atomic E-state index is 13.3. The van der Waals surface area contributed by atoms with Gasteiger partial charge >= 0.3 is 0 Å². The number of hydrogen-bond acceptors (Lipinski definition) is 5. The Bertz CT molecular complexity index is 1210. The highest BCUT2D eigenvalue weighted by molar-refractivity contribution is 6.28. The lowest BCUT2D eigenvalue weighted by Crippen LogP contribution is -2.42. The molecule has 0 aliphatic carbocycles. The molecule has 5 rings (SSSR count). The summed E-state index contributed by atoms with van der Waals surface area (Å²) < 4.78 is 3.23. The summed E-state index contributed by atoms with van der Waals surface area (Å²) in [7, 11) is 1.65. The maximum Gasteiger partial charge on any atom is 0.292 e. The lowest BCUT2D eigenvalue weighted by atomic mass is 9.99. The van der Waals surface area contributed by atoms with Crippen molar-refractivity contribution in [2.24, 2.45) is 7.05 Å². The van der Waals surface area contributed by atoms with Gasteiger partial charge in [-0.3, -0.25) is 4.79 Å². The Kier molecular flexibility index (Phi) is 3.73. The molecular weight excluding hydrogens is 380 g/mol. The Morgan fingerprint density at radius 3 is 2.96 bits per heavy atom. The van der Waals surface area contributed by atoms with Gasteiger partial charge in [-0.25, -0.2) is 14.2 Å². The van der Waals surface area contributed by atoms with Crippen molar-refractivity contribution in [1.29, 1.82) is 0 Å². The molecular formula is C18H17ClN8O. The molecule has 9 nitrogen and oxygen atoms in total. The van der Waals surface area contributed by atoms with Crippen LogP contribution in [0.3, 0.4) is 0 Å². The minimum absolute atomic E-state index is 0.0447. The molecule has 4 aromatic heterocycles. The molecule has 1 N–H and O–H groups in total. The van der Waals surface area contributed by atoms with Crippen LogP contribution in [-0.2, 0) is 13.5 Å². The van der Waals surface area contributed by atoms with Gasteiger partial charge in [-0.2, -0.15) is 10.1 Å². The Hall–Kier alpha value is -3.20. The zero-order chi connectivity index (χ0) is 19.4. The molecule has 0 spiro atoms. The number of imidazole rings is 1. The van der Waals surface area contributed by atoms with Crippen molar-refractivity contribution in [3.63, 3.8) is 0 Å². The summed E-state index contributed by atoms with van der Waals surface area (Å²) in [5.74, 6) is -0.0664. The third-order valence-corrected chi connectivity index (χ3v) is 5.29. The summed E-state index contributed by atoms with van der Waals surface area (Å²) in [4.78, 5) is 26.8. The number of nitrogens with zero attached hydrogens (tertiary/aromatic N) is 7. The average Bonchev–Trinajstić information content (AvgIpc) is 3.38. The van der Waals surface area contributed by atoms with E-state index in [0.29, 0.717) is 13.0 Å². The number of carbonyl (C=O) groups is 1. The van der Waals surface area contributed by atoms with E-state index < -0.39 is 6.04 Å².